The van der Waals surface area contributed by atoms with Gasteiger partial charge in [-0.3, -0.25) is 0 Å². The van der Waals surface area contributed by atoms with Crippen molar-refractivity contribution in [1.29, 1.82) is 0 Å². The lowest BCUT2D eigenvalue weighted by molar-refractivity contribution is 0.461. The Balaban J connectivity index is 1.91. The van der Waals surface area contributed by atoms with E-state index in [0.717, 1.165) is 18.7 Å². The van der Waals surface area contributed by atoms with Crippen molar-refractivity contribution in [2.45, 2.75) is 19.4 Å². The van der Waals surface area contributed by atoms with Crippen LogP contribution in [0.4, 0.5) is 0 Å². The quantitative estimate of drug-likeness (QED) is 0.749. The molecule has 0 heterocycles. The molecular formula is C19H23NO. The molecule has 2 rings (SSSR count). The number of nitrogens with one attached hydrogen (secondary N) is 1. The van der Waals surface area contributed by atoms with E-state index in [0.29, 0.717) is 11.7 Å². The van der Waals surface area contributed by atoms with Crippen molar-refractivity contribution in [3.8, 4) is 5.75 Å². The van der Waals surface area contributed by atoms with Gasteiger partial charge in [0.05, 0.1) is 0 Å². The summed E-state index contributed by atoms with van der Waals surface area (Å²) in [5.41, 5.74) is 2.40. The van der Waals surface area contributed by atoms with Crippen LogP contribution in [0.25, 0.3) is 0 Å². The third-order valence-electron chi connectivity index (χ3n) is 3.76. The van der Waals surface area contributed by atoms with Crippen LogP contribution < -0.4 is 5.32 Å². The molecule has 2 atom stereocenters. The van der Waals surface area contributed by atoms with Gasteiger partial charge in [0.15, 0.2) is 0 Å². The molecule has 0 bridgehead atoms. The summed E-state index contributed by atoms with van der Waals surface area (Å²) in [6, 6.07) is 17.8. The number of aromatic hydroxyl groups is 1. The normalized spacial score (nSPS) is 13.6. The monoisotopic (exact) mass is 281 g/mol. The zero-order chi connectivity index (χ0) is 15.1. The minimum Gasteiger partial charge on any atom is -0.508 e. The summed E-state index contributed by atoms with van der Waals surface area (Å²) in [5, 5.41) is 13.1. The maximum Gasteiger partial charge on any atom is 0.115 e. The average molecular weight is 281 g/mol. The molecule has 2 N–H and O–H groups in total. The summed E-state index contributed by atoms with van der Waals surface area (Å²) >= 11 is 0. The molecule has 0 aliphatic heterocycles. The van der Waals surface area contributed by atoms with Gasteiger partial charge in [0.1, 0.15) is 5.75 Å². The van der Waals surface area contributed by atoms with Gasteiger partial charge in [-0.25, -0.2) is 0 Å². The van der Waals surface area contributed by atoms with E-state index in [1.165, 1.54) is 5.56 Å². The Morgan fingerprint density at radius 1 is 1.14 bits per heavy atom. The third kappa shape index (κ3) is 4.47. The second-order valence-corrected chi connectivity index (χ2v) is 5.45. The molecule has 2 aromatic carbocycles. The zero-order valence-corrected chi connectivity index (χ0v) is 12.5. The highest BCUT2D eigenvalue weighted by molar-refractivity contribution is 5.32. The molecule has 0 saturated heterocycles. The van der Waals surface area contributed by atoms with Crippen LogP contribution in [-0.2, 0) is 6.54 Å². The van der Waals surface area contributed by atoms with Crippen LogP contribution in [0.5, 0.6) is 5.75 Å². The fraction of sp³-hybridized carbons (Fsp3) is 0.263. The van der Waals surface area contributed by atoms with Crippen molar-refractivity contribution in [2.75, 3.05) is 6.54 Å². The SMILES string of the molecule is C=CC(c1cccc(O)c1)C(C)CNCc1ccccc1. The van der Waals surface area contributed by atoms with Crippen LogP contribution in [0.2, 0.25) is 0 Å². The Kier molecular flexibility index (Phi) is 5.59. The predicted molar refractivity (Wildman–Crippen MR) is 88.4 cm³/mol. The van der Waals surface area contributed by atoms with E-state index in [2.05, 4.69) is 43.1 Å². The van der Waals surface area contributed by atoms with E-state index in [1.54, 1.807) is 6.07 Å². The number of allylic oxidation sites excluding steroid dienone is 1. The highest BCUT2D eigenvalue weighted by Crippen LogP contribution is 2.27. The van der Waals surface area contributed by atoms with Crippen molar-refractivity contribution in [3.05, 3.63) is 78.4 Å². The van der Waals surface area contributed by atoms with E-state index in [1.807, 2.05) is 30.3 Å². The highest BCUT2D eigenvalue weighted by atomic mass is 16.3. The van der Waals surface area contributed by atoms with Crippen molar-refractivity contribution in [3.63, 3.8) is 0 Å². The number of phenols is 1. The number of hydrogen-bond acceptors (Lipinski definition) is 2. The summed E-state index contributed by atoms with van der Waals surface area (Å²) in [7, 11) is 0. The van der Waals surface area contributed by atoms with Gasteiger partial charge >= 0.3 is 0 Å². The lowest BCUT2D eigenvalue weighted by Gasteiger charge is -2.22. The summed E-state index contributed by atoms with van der Waals surface area (Å²) in [4.78, 5) is 0. The Morgan fingerprint density at radius 2 is 1.90 bits per heavy atom. The second-order valence-electron chi connectivity index (χ2n) is 5.45. The number of phenolic OH excluding ortho intramolecular Hbond substituents is 1. The van der Waals surface area contributed by atoms with E-state index in [4.69, 9.17) is 0 Å². The first-order valence-electron chi connectivity index (χ1n) is 7.37. The molecule has 2 nitrogen and oxygen atoms in total. The van der Waals surface area contributed by atoms with Gasteiger partial charge in [-0.1, -0.05) is 55.5 Å². The first-order valence-corrected chi connectivity index (χ1v) is 7.37. The average Bonchev–Trinajstić information content (AvgIpc) is 2.49. The first-order chi connectivity index (χ1) is 10.2. The third-order valence-corrected chi connectivity index (χ3v) is 3.76. The van der Waals surface area contributed by atoms with E-state index < -0.39 is 0 Å². The topological polar surface area (TPSA) is 32.3 Å². The number of rotatable bonds is 7. The van der Waals surface area contributed by atoms with Gasteiger partial charge in [0.25, 0.3) is 0 Å². The largest absolute Gasteiger partial charge is 0.508 e. The maximum atomic E-state index is 9.61. The molecule has 0 aliphatic carbocycles. The Morgan fingerprint density at radius 3 is 2.57 bits per heavy atom. The first kappa shape index (κ1) is 15.3. The Bertz CT molecular complexity index is 565. The highest BCUT2D eigenvalue weighted by Gasteiger charge is 2.16. The van der Waals surface area contributed by atoms with Crippen LogP contribution in [-0.4, -0.2) is 11.7 Å². The summed E-state index contributed by atoms with van der Waals surface area (Å²) in [6.07, 6.45) is 1.96. The van der Waals surface area contributed by atoms with Crippen molar-refractivity contribution in [2.24, 2.45) is 5.92 Å². The van der Waals surface area contributed by atoms with E-state index in [-0.39, 0.29) is 5.92 Å². The van der Waals surface area contributed by atoms with Crippen molar-refractivity contribution < 1.29 is 5.11 Å². The van der Waals surface area contributed by atoms with Gasteiger partial charge < -0.3 is 10.4 Å². The minimum atomic E-state index is 0.236. The van der Waals surface area contributed by atoms with Crippen LogP contribution >= 0.6 is 0 Å². The molecular weight excluding hydrogens is 258 g/mol. The fourth-order valence-electron chi connectivity index (χ4n) is 2.60. The molecule has 110 valence electrons. The lowest BCUT2D eigenvalue weighted by atomic mass is 9.87. The standard InChI is InChI=1S/C19H23NO/c1-3-19(17-10-7-11-18(21)12-17)15(2)13-20-14-16-8-5-4-6-9-16/h3-12,15,19-21H,1,13-14H2,2H3. The molecule has 0 aliphatic rings. The van der Waals surface area contributed by atoms with Gasteiger partial charge in [0.2, 0.25) is 0 Å². The van der Waals surface area contributed by atoms with Crippen LogP contribution in [0.15, 0.2) is 67.3 Å². The number of hydrogen-bond donors (Lipinski definition) is 2. The molecule has 0 fully saturated rings. The molecule has 2 aromatic rings. The summed E-state index contributed by atoms with van der Waals surface area (Å²) in [5.74, 6) is 0.956. The molecule has 2 unspecified atom stereocenters. The zero-order valence-electron chi connectivity index (χ0n) is 12.5. The van der Waals surface area contributed by atoms with Gasteiger partial charge in [-0.05, 0) is 35.7 Å². The summed E-state index contributed by atoms with van der Waals surface area (Å²) < 4.78 is 0. The fourth-order valence-corrected chi connectivity index (χ4v) is 2.60. The molecule has 21 heavy (non-hydrogen) atoms. The Labute approximate surface area is 127 Å². The van der Waals surface area contributed by atoms with Crippen molar-refractivity contribution >= 4 is 0 Å². The molecule has 0 spiro atoms. The lowest BCUT2D eigenvalue weighted by Crippen LogP contribution is -2.24. The van der Waals surface area contributed by atoms with Gasteiger partial charge in [-0.2, -0.15) is 0 Å². The Hall–Kier alpha value is -2.06. The molecule has 2 heteroatoms. The van der Waals surface area contributed by atoms with Crippen molar-refractivity contribution in [1.82, 2.24) is 5.32 Å². The maximum absolute atomic E-state index is 9.61. The second kappa shape index (κ2) is 7.65. The molecule has 0 aromatic heterocycles. The van der Waals surface area contributed by atoms with E-state index >= 15 is 0 Å². The predicted octanol–water partition coefficient (Wildman–Crippen LogP) is 4.09. The number of benzene rings is 2. The van der Waals surface area contributed by atoms with E-state index in [9.17, 15) is 5.11 Å². The molecule has 0 radical (unpaired) electrons. The van der Waals surface area contributed by atoms with Crippen LogP contribution in [0.3, 0.4) is 0 Å². The van der Waals surface area contributed by atoms with Crippen LogP contribution in [0.1, 0.15) is 24.0 Å². The molecule has 0 amide bonds. The molecule has 0 saturated carbocycles. The smallest absolute Gasteiger partial charge is 0.115 e. The van der Waals surface area contributed by atoms with Crippen LogP contribution in [0, 0.1) is 5.92 Å². The van der Waals surface area contributed by atoms with Gasteiger partial charge in [0, 0.05) is 12.5 Å². The minimum absolute atomic E-state index is 0.236. The van der Waals surface area contributed by atoms with Gasteiger partial charge in [-0.15, -0.1) is 6.58 Å². The summed E-state index contributed by atoms with van der Waals surface area (Å²) in [6.45, 7) is 7.92.